The molecule has 1 atom stereocenters. The maximum atomic E-state index is 2.25. The van der Waals surface area contributed by atoms with Crippen LogP contribution in [0.15, 0.2) is 48.1 Å². The summed E-state index contributed by atoms with van der Waals surface area (Å²) in [5, 5.41) is 0. The molecule has 2 rings (SSSR count). The second kappa shape index (κ2) is 4.86. The van der Waals surface area contributed by atoms with Crippen LogP contribution in [-0.4, -0.2) is 0 Å². The summed E-state index contributed by atoms with van der Waals surface area (Å²) >= 11 is 0. The molecule has 0 nitrogen and oxygen atoms in total. The molecule has 0 aromatic rings. The molecule has 2 aliphatic rings. The van der Waals surface area contributed by atoms with E-state index in [1.54, 1.807) is 0 Å². The van der Waals surface area contributed by atoms with Crippen LogP contribution in [0, 0.1) is 11.8 Å². The van der Waals surface area contributed by atoms with Crippen molar-refractivity contribution in [3.05, 3.63) is 48.1 Å². The molecule has 0 aromatic carbocycles. The third-order valence-electron chi connectivity index (χ3n) is 2.13. The van der Waals surface area contributed by atoms with Crippen LogP contribution >= 0.6 is 0 Å². The minimum atomic E-state index is 0.681. The molecule has 0 N–H and O–H groups in total. The smallest absolute Gasteiger partial charge is 0.00730 e. The van der Waals surface area contributed by atoms with Gasteiger partial charge in [0, 0.05) is 0 Å². The Bertz CT molecular complexity index is 252. The first kappa shape index (κ1) is 10.0. The van der Waals surface area contributed by atoms with Crippen LogP contribution in [0.1, 0.15) is 20.8 Å². The molecule has 0 heteroatoms. The number of hydrogen-bond acceptors (Lipinski definition) is 0. The second-order valence-corrected chi connectivity index (χ2v) is 3.76. The van der Waals surface area contributed by atoms with Crippen LogP contribution in [0.2, 0.25) is 0 Å². The van der Waals surface area contributed by atoms with Crippen LogP contribution in [0.4, 0.5) is 0 Å². The quantitative estimate of drug-likeness (QED) is 0.522. The van der Waals surface area contributed by atoms with E-state index in [0.29, 0.717) is 11.8 Å². The third-order valence-corrected chi connectivity index (χ3v) is 2.13. The maximum Gasteiger partial charge on any atom is -0.00730 e. The van der Waals surface area contributed by atoms with Crippen molar-refractivity contribution in [2.24, 2.45) is 11.8 Å². The highest BCUT2D eigenvalue weighted by atomic mass is 14.0. The first-order chi connectivity index (χ1) is 6.18. The van der Waals surface area contributed by atoms with Gasteiger partial charge in [0.15, 0.2) is 0 Å². The van der Waals surface area contributed by atoms with Gasteiger partial charge in [-0.1, -0.05) is 62.0 Å². The highest BCUT2D eigenvalue weighted by Gasteiger charge is 1.96. The minimum Gasteiger partial charge on any atom is -0.0779 e. The van der Waals surface area contributed by atoms with Crippen molar-refractivity contribution < 1.29 is 0 Å². The highest BCUT2D eigenvalue weighted by molar-refractivity contribution is 5.25. The fraction of sp³-hybridized carbons (Fsp3) is 0.385. The van der Waals surface area contributed by atoms with Crippen molar-refractivity contribution in [3.63, 3.8) is 0 Å². The zero-order chi connectivity index (χ0) is 9.68. The first-order valence-corrected chi connectivity index (χ1v) is 4.90. The van der Waals surface area contributed by atoms with Crippen molar-refractivity contribution in [1.82, 2.24) is 0 Å². The van der Waals surface area contributed by atoms with Gasteiger partial charge in [-0.25, -0.2) is 0 Å². The summed E-state index contributed by atoms with van der Waals surface area (Å²) in [5.74, 6) is 1.37. The lowest BCUT2D eigenvalue weighted by Crippen LogP contribution is -1.73. The molecule has 0 amide bonds. The average Bonchev–Trinajstić information content (AvgIpc) is 2.64. The lowest BCUT2D eigenvalue weighted by atomic mass is 10.2. The van der Waals surface area contributed by atoms with E-state index in [4.69, 9.17) is 0 Å². The fourth-order valence-corrected chi connectivity index (χ4v) is 1.37. The van der Waals surface area contributed by atoms with E-state index < -0.39 is 0 Å². The molecule has 0 fully saturated rings. The SMILES string of the molecule is CC1=CC(C)C=C1.CC1C=CC=C1. The average molecular weight is 174 g/mol. The van der Waals surface area contributed by atoms with Gasteiger partial charge in [0.1, 0.15) is 0 Å². The van der Waals surface area contributed by atoms with Crippen LogP contribution in [0.5, 0.6) is 0 Å². The monoisotopic (exact) mass is 174 g/mol. The Hall–Kier alpha value is -1.04. The highest BCUT2D eigenvalue weighted by Crippen LogP contribution is 2.12. The van der Waals surface area contributed by atoms with Gasteiger partial charge < -0.3 is 0 Å². The van der Waals surface area contributed by atoms with Crippen molar-refractivity contribution in [1.29, 1.82) is 0 Å². The summed E-state index contributed by atoms with van der Waals surface area (Å²) in [7, 11) is 0. The summed E-state index contributed by atoms with van der Waals surface area (Å²) < 4.78 is 0. The summed E-state index contributed by atoms with van der Waals surface area (Å²) in [6.07, 6.45) is 15.1. The molecule has 0 aliphatic heterocycles. The van der Waals surface area contributed by atoms with Gasteiger partial charge in [-0.3, -0.25) is 0 Å². The van der Waals surface area contributed by atoms with E-state index in [-0.39, 0.29) is 0 Å². The maximum absolute atomic E-state index is 2.25. The molecular weight excluding hydrogens is 156 g/mol. The molecule has 0 bridgehead atoms. The van der Waals surface area contributed by atoms with Gasteiger partial charge in [-0.05, 0) is 18.8 Å². The predicted octanol–water partition coefficient (Wildman–Crippen LogP) is 3.89. The largest absolute Gasteiger partial charge is 0.0779 e. The zero-order valence-corrected chi connectivity index (χ0v) is 8.70. The lowest BCUT2D eigenvalue weighted by Gasteiger charge is -1.85. The second-order valence-electron chi connectivity index (χ2n) is 3.76. The molecule has 0 saturated heterocycles. The van der Waals surface area contributed by atoms with Gasteiger partial charge >= 0.3 is 0 Å². The standard InChI is InChI=1S/C7H10.C6H8/c1-6-3-4-7(2)5-6;1-6-4-2-3-5-6/h3-6H,1-2H3;2-6H,1H3. The van der Waals surface area contributed by atoms with Gasteiger partial charge in [-0.2, -0.15) is 0 Å². The molecule has 0 radical (unpaired) electrons. The molecule has 1 unspecified atom stereocenters. The number of rotatable bonds is 0. The van der Waals surface area contributed by atoms with E-state index in [1.165, 1.54) is 5.57 Å². The van der Waals surface area contributed by atoms with Crippen LogP contribution in [0.25, 0.3) is 0 Å². The molecular formula is C13H18. The van der Waals surface area contributed by atoms with E-state index in [1.807, 2.05) is 0 Å². The zero-order valence-electron chi connectivity index (χ0n) is 8.70. The van der Waals surface area contributed by atoms with Crippen molar-refractivity contribution in [3.8, 4) is 0 Å². The fourth-order valence-electron chi connectivity index (χ4n) is 1.37. The predicted molar refractivity (Wildman–Crippen MR) is 59.5 cm³/mol. The van der Waals surface area contributed by atoms with Gasteiger partial charge in [0.2, 0.25) is 0 Å². The Balaban J connectivity index is 0.000000132. The Morgan fingerprint density at radius 1 is 0.923 bits per heavy atom. The number of hydrogen-bond donors (Lipinski definition) is 0. The van der Waals surface area contributed by atoms with Gasteiger partial charge in [0.25, 0.3) is 0 Å². The Kier molecular flexibility index (Phi) is 3.75. The Morgan fingerprint density at radius 2 is 1.54 bits per heavy atom. The van der Waals surface area contributed by atoms with E-state index >= 15 is 0 Å². The van der Waals surface area contributed by atoms with Crippen molar-refractivity contribution >= 4 is 0 Å². The molecule has 0 saturated carbocycles. The van der Waals surface area contributed by atoms with Crippen LogP contribution < -0.4 is 0 Å². The molecule has 0 spiro atoms. The number of allylic oxidation sites excluding steroid dienone is 8. The summed E-state index contributed by atoms with van der Waals surface area (Å²) in [4.78, 5) is 0. The third kappa shape index (κ3) is 3.93. The van der Waals surface area contributed by atoms with Gasteiger partial charge in [-0.15, -0.1) is 0 Å². The Morgan fingerprint density at radius 3 is 1.69 bits per heavy atom. The summed E-state index contributed by atoms with van der Waals surface area (Å²) in [6.45, 7) is 6.48. The van der Waals surface area contributed by atoms with E-state index in [2.05, 4.69) is 63.3 Å². The lowest BCUT2D eigenvalue weighted by molar-refractivity contribution is 0.955. The normalized spacial score (nSPS) is 24.5. The molecule has 0 heterocycles. The molecule has 0 aromatic heterocycles. The first-order valence-electron chi connectivity index (χ1n) is 4.90. The van der Waals surface area contributed by atoms with Gasteiger partial charge in [0.05, 0.1) is 0 Å². The minimum absolute atomic E-state index is 0.681. The molecule has 70 valence electrons. The topological polar surface area (TPSA) is 0 Å². The van der Waals surface area contributed by atoms with Crippen molar-refractivity contribution in [2.45, 2.75) is 20.8 Å². The van der Waals surface area contributed by atoms with Crippen LogP contribution in [-0.2, 0) is 0 Å². The van der Waals surface area contributed by atoms with E-state index in [9.17, 15) is 0 Å². The Labute approximate surface area is 81.4 Å². The molecule has 13 heavy (non-hydrogen) atoms. The summed E-state index contributed by atoms with van der Waals surface area (Å²) in [6, 6.07) is 0. The van der Waals surface area contributed by atoms with E-state index in [0.717, 1.165) is 0 Å². The molecule has 2 aliphatic carbocycles. The van der Waals surface area contributed by atoms with Crippen molar-refractivity contribution in [2.75, 3.05) is 0 Å². The summed E-state index contributed by atoms with van der Waals surface area (Å²) in [5.41, 5.74) is 1.40. The van der Waals surface area contributed by atoms with Crippen LogP contribution in [0.3, 0.4) is 0 Å².